The average Bonchev–Trinajstić information content (AvgIpc) is 3.42. The molecule has 0 saturated heterocycles. The van der Waals surface area contributed by atoms with Crippen LogP contribution in [-0.4, -0.2) is 29.9 Å². The summed E-state index contributed by atoms with van der Waals surface area (Å²) in [6.45, 7) is 5.07. The van der Waals surface area contributed by atoms with Gasteiger partial charge in [0.15, 0.2) is 16.3 Å². The number of aromatic nitrogens is 1. The highest BCUT2D eigenvalue weighted by Gasteiger charge is 2.34. The molecule has 0 unspecified atom stereocenters. The predicted octanol–water partition coefficient (Wildman–Crippen LogP) is 2.45. The van der Waals surface area contributed by atoms with Crippen molar-refractivity contribution in [1.82, 2.24) is 4.57 Å². The van der Waals surface area contributed by atoms with Crippen molar-refractivity contribution in [1.29, 1.82) is 0 Å². The molecule has 184 valence electrons. The summed E-state index contributed by atoms with van der Waals surface area (Å²) in [7, 11) is 0. The van der Waals surface area contributed by atoms with Gasteiger partial charge in [0.1, 0.15) is 5.75 Å². The number of nitrogens with zero attached hydrogens (tertiary/aromatic N) is 2. The highest BCUT2D eigenvalue weighted by atomic mass is 32.1. The summed E-state index contributed by atoms with van der Waals surface area (Å²) < 4.78 is 23.4. The third kappa shape index (κ3) is 4.31. The number of thiazole rings is 1. The van der Waals surface area contributed by atoms with Crippen molar-refractivity contribution in [2.24, 2.45) is 4.99 Å². The fraction of sp³-hybridized carbons (Fsp3) is 0.231. The van der Waals surface area contributed by atoms with E-state index < -0.39 is 18.0 Å². The fourth-order valence-electron chi connectivity index (χ4n) is 4.18. The maximum atomic E-state index is 13.7. The summed E-state index contributed by atoms with van der Waals surface area (Å²) in [4.78, 5) is 43.1. The molecule has 3 aromatic rings. The minimum absolute atomic E-state index is 0.105. The maximum Gasteiger partial charge on any atom is 0.338 e. The Labute approximate surface area is 209 Å². The molecule has 1 aromatic heterocycles. The van der Waals surface area contributed by atoms with E-state index >= 15 is 0 Å². The lowest BCUT2D eigenvalue weighted by Crippen LogP contribution is -2.39. The van der Waals surface area contributed by atoms with E-state index in [0.29, 0.717) is 43.4 Å². The standard InChI is InChI=1S/C26H22N2O7S/c1-4-32-25(31)22-14(2)27-26-28(23(22)17-8-9-19-20(12-17)34-13-33-19)24(30)21(36-26)11-16-6-5-7-18(10-16)35-15(3)29/h5-12,23H,4,13H2,1-3H3/b21-11-/t23-/m0/s1. The minimum atomic E-state index is -0.760. The van der Waals surface area contributed by atoms with Crippen LogP contribution in [-0.2, 0) is 14.3 Å². The van der Waals surface area contributed by atoms with Gasteiger partial charge in [0.25, 0.3) is 5.56 Å². The van der Waals surface area contributed by atoms with Gasteiger partial charge in [0.05, 0.1) is 28.5 Å². The van der Waals surface area contributed by atoms with E-state index in [1.807, 2.05) is 0 Å². The molecule has 0 bridgehead atoms. The first-order valence-corrected chi connectivity index (χ1v) is 12.0. The molecule has 2 aromatic carbocycles. The van der Waals surface area contributed by atoms with Crippen LogP contribution in [0.4, 0.5) is 0 Å². The van der Waals surface area contributed by atoms with Crippen LogP contribution in [0.15, 0.2) is 63.5 Å². The van der Waals surface area contributed by atoms with Crippen LogP contribution in [0, 0.1) is 0 Å². The van der Waals surface area contributed by atoms with Gasteiger partial charge >= 0.3 is 11.9 Å². The minimum Gasteiger partial charge on any atom is -0.463 e. The normalized spacial score (nSPS) is 16.4. The molecule has 0 spiro atoms. The van der Waals surface area contributed by atoms with Gasteiger partial charge in [-0.15, -0.1) is 0 Å². The Kier molecular flexibility index (Phi) is 6.19. The monoisotopic (exact) mass is 506 g/mol. The predicted molar refractivity (Wildman–Crippen MR) is 131 cm³/mol. The summed E-state index contributed by atoms with van der Waals surface area (Å²) in [6, 6.07) is 11.4. The van der Waals surface area contributed by atoms with Crippen LogP contribution in [0.2, 0.25) is 0 Å². The second-order valence-electron chi connectivity index (χ2n) is 8.08. The van der Waals surface area contributed by atoms with Crippen molar-refractivity contribution in [2.45, 2.75) is 26.8 Å². The van der Waals surface area contributed by atoms with Crippen molar-refractivity contribution >= 4 is 29.4 Å². The number of rotatable bonds is 5. The fourth-order valence-corrected chi connectivity index (χ4v) is 5.22. The summed E-state index contributed by atoms with van der Waals surface area (Å²) in [5.74, 6) is 0.539. The van der Waals surface area contributed by atoms with Gasteiger partial charge in [0.2, 0.25) is 6.79 Å². The molecule has 36 heavy (non-hydrogen) atoms. The van der Waals surface area contributed by atoms with Crippen LogP contribution >= 0.6 is 11.3 Å². The van der Waals surface area contributed by atoms with Gasteiger partial charge in [-0.2, -0.15) is 0 Å². The van der Waals surface area contributed by atoms with Crippen LogP contribution in [0.5, 0.6) is 17.2 Å². The average molecular weight is 507 g/mol. The molecule has 0 N–H and O–H groups in total. The summed E-state index contributed by atoms with van der Waals surface area (Å²) in [5.41, 5.74) is 1.79. The molecular formula is C26H22N2O7S. The van der Waals surface area contributed by atoms with Gasteiger partial charge in [-0.3, -0.25) is 14.2 Å². The van der Waals surface area contributed by atoms with Gasteiger partial charge in [0, 0.05) is 6.92 Å². The molecule has 2 aliphatic rings. The number of carbonyl (C=O) groups is 2. The van der Waals surface area contributed by atoms with E-state index in [4.69, 9.17) is 18.9 Å². The third-order valence-electron chi connectivity index (χ3n) is 5.65. The maximum absolute atomic E-state index is 13.7. The second-order valence-corrected chi connectivity index (χ2v) is 9.09. The zero-order chi connectivity index (χ0) is 25.4. The number of hydrogen-bond donors (Lipinski definition) is 0. The topological polar surface area (TPSA) is 105 Å². The quantitative estimate of drug-likeness (QED) is 0.387. The summed E-state index contributed by atoms with van der Waals surface area (Å²) in [6.07, 6.45) is 1.71. The Balaban J connectivity index is 1.68. The molecule has 0 saturated carbocycles. The third-order valence-corrected chi connectivity index (χ3v) is 6.63. The number of allylic oxidation sites excluding steroid dienone is 1. The van der Waals surface area contributed by atoms with Gasteiger partial charge < -0.3 is 18.9 Å². The molecule has 1 atom stereocenters. The zero-order valence-electron chi connectivity index (χ0n) is 19.8. The van der Waals surface area contributed by atoms with Crippen molar-refractivity contribution in [3.05, 3.63) is 84.5 Å². The number of esters is 2. The molecule has 2 aliphatic heterocycles. The lowest BCUT2D eigenvalue weighted by atomic mass is 9.95. The van der Waals surface area contributed by atoms with Crippen LogP contribution in [0.3, 0.4) is 0 Å². The Morgan fingerprint density at radius 3 is 2.78 bits per heavy atom. The van der Waals surface area contributed by atoms with E-state index in [-0.39, 0.29) is 24.5 Å². The Hall–Kier alpha value is -4.18. The summed E-state index contributed by atoms with van der Waals surface area (Å²) in [5, 5.41) is 0. The lowest BCUT2D eigenvalue weighted by molar-refractivity contribution is -0.139. The zero-order valence-corrected chi connectivity index (χ0v) is 20.6. The first-order valence-electron chi connectivity index (χ1n) is 11.2. The van der Waals surface area contributed by atoms with Crippen molar-refractivity contribution in [3.8, 4) is 17.2 Å². The first kappa shape index (κ1) is 23.6. The lowest BCUT2D eigenvalue weighted by Gasteiger charge is -2.24. The van der Waals surface area contributed by atoms with E-state index in [1.165, 1.54) is 22.8 Å². The number of ether oxygens (including phenoxy) is 4. The number of fused-ring (bicyclic) bond motifs is 2. The smallest absolute Gasteiger partial charge is 0.338 e. The first-order chi connectivity index (χ1) is 17.4. The SMILES string of the molecule is CCOC(=O)C1=C(C)N=c2s/c(=C\c3cccc(OC(C)=O)c3)c(=O)n2[C@H]1c1ccc2c(c1)OCO2. The molecule has 0 aliphatic carbocycles. The van der Waals surface area contributed by atoms with E-state index in [2.05, 4.69) is 4.99 Å². The second kappa shape index (κ2) is 9.46. The molecule has 3 heterocycles. The van der Waals surface area contributed by atoms with E-state index in [9.17, 15) is 14.4 Å². The summed E-state index contributed by atoms with van der Waals surface area (Å²) >= 11 is 1.21. The molecule has 0 amide bonds. The number of benzene rings is 2. The molecule has 0 fully saturated rings. The number of carbonyl (C=O) groups excluding carboxylic acids is 2. The highest BCUT2D eigenvalue weighted by Crippen LogP contribution is 2.38. The Morgan fingerprint density at radius 1 is 1.19 bits per heavy atom. The molecule has 9 nitrogen and oxygen atoms in total. The van der Waals surface area contributed by atoms with E-state index in [0.717, 1.165) is 0 Å². The Morgan fingerprint density at radius 2 is 2.00 bits per heavy atom. The molecule has 10 heteroatoms. The Bertz CT molecular complexity index is 1600. The number of hydrogen-bond acceptors (Lipinski definition) is 9. The van der Waals surface area contributed by atoms with Crippen molar-refractivity contribution < 1.29 is 28.5 Å². The molecule has 0 radical (unpaired) electrons. The van der Waals surface area contributed by atoms with Crippen LogP contribution < -0.4 is 29.1 Å². The molecular weight excluding hydrogens is 484 g/mol. The van der Waals surface area contributed by atoms with Gasteiger partial charge in [-0.1, -0.05) is 29.5 Å². The highest BCUT2D eigenvalue weighted by molar-refractivity contribution is 7.07. The van der Waals surface area contributed by atoms with Crippen LogP contribution in [0.1, 0.15) is 37.9 Å². The largest absolute Gasteiger partial charge is 0.463 e. The van der Waals surface area contributed by atoms with E-state index in [1.54, 1.807) is 62.4 Å². The molecule has 5 rings (SSSR count). The van der Waals surface area contributed by atoms with Crippen molar-refractivity contribution in [2.75, 3.05) is 13.4 Å². The van der Waals surface area contributed by atoms with Crippen LogP contribution in [0.25, 0.3) is 6.08 Å². The van der Waals surface area contributed by atoms with Crippen molar-refractivity contribution in [3.63, 3.8) is 0 Å². The van der Waals surface area contributed by atoms with Gasteiger partial charge in [-0.25, -0.2) is 9.79 Å². The van der Waals surface area contributed by atoms with Gasteiger partial charge in [-0.05, 0) is 55.3 Å².